The highest BCUT2D eigenvalue weighted by Gasteiger charge is 2.20. The summed E-state index contributed by atoms with van der Waals surface area (Å²) in [6, 6.07) is 6.00. The number of hydrogen-bond donors (Lipinski definition) is 2. The fourth-order valence-electron chi connectivity index (χ4n) is 2.67. The number of rotatable bonds is 5. The zero-order chi connectivity index (χ0) is 15.2. The number of amides is 1. The molecule has 1 fully saturated rings. The van der Waals surface area contributed by atoms with E-state index < -0.39 is 6.61 Å². The Kier molecular flexibility index (Phi) is 7.55. The first-order valence-electron chi connectivity index (χ1n) is 7.13. The number of carbonyl (C=O) groups excluding carboxylic acids is 1. The van der Waals surface area contributed by atoms with Gasteiger partial charge >= 0.3 is 6.61 Å². The third kappa shape index (κ3) is 5.77. The van der Waals surface area contributed by atoms with Crippen LogP contribution in [0.1, 0.15) is 36.0 Å². The number of benzene rings is 1. The molecule has 1 aliphatic rings. The number of alkyl halides is 2. The Bertz CT molecular complexity index is 488. The van der Waals surface area contributed by atoms with E-state index in [1.54, 1.807) is 6.07 Å². The summed E-state index contributed by atoms with van der Waals surface area (Å²) in [4.78, 5) is 12.0. The molecule has 0 bridgehead atoms. The molecule has 124 valence electrons. The molecule has 1 aromatic rings. The van der Waals surface area contributed by atoms with Gasteiger partial charge in [-0.15, -0.1) is 12.4 Å². The zero-order valence-electron chi connectivity index (χ0n) is 12.1. The van der Waals surface area contributed by atoms with Gasteiger partial charge in [0.25, 0.3) is 5.91 Å². The van der Waals surface area contributed by atoms with Crippen LogP contribution in [-0.4, -0.2) is 25.1 Å². The summed E-state index contributed by atoms with van der Waals surface area (Å²) in [5.41, 5.74) is 6.22. The van der Waals surface area contributed by atoms with E-state index in [0.717, 1.165) is 25.7 Å². The van der Waals surface area contributed by atoms with Crippen LogP contribution in [0.25, 0.3) is 0 Å². The molecule has 0 aromatic heterocycles. The summed E-state index contributed by atoms with van der Waals surface area (Å²) in [5.74, 6) is 0.0874. The highest BCUT2D eigenvalue weighted by Crippen LogP contribution is 2.22. The summed E-state index contributed by atoms with van der Waals surface area (Å²) in [5, 5.41) is 2.83. The number of nitrogens with two attached hydrogens (primary N) is 1. The summed E-state index contributed by atoms with van der Waals surface area (Å²) in [7, 11) is 0. The van der Waals surface area contributed by atoms with Crippen molar-refractivity contribution in [3.05, 3.63) is 29.8 Å². The van der Waals surface area contributed by atoms with E-state index in [2.05, 4.69) is 10.1 Å². The molecule has 0 spiro atoms. The van der Waals surface area contributed by atoms with Crippen LogP contribution in [0, 0.1) is 5.92 Å². The van der Waals surface area contributed by atoms with E-state index in [4.69, 9.17) is 5.73 Å². The van der Waals surface area contributed by atoms with Gasteiger partial charge in [0, 0.05) is 18.2 Å². The summed E-state index contributed by atoms with van der Waals surface area (Å²) < 4.78 is 28.6. The maximum absolute atomic E-state index is 12.1. The van der Waals surface area contributed by atoms with Crippen molar-refractivity contribution in [1.82, 2.24) is 5.32 Å². The lowest BCUT2D eigenvalue weighted by Crippen LogP contribution is -2.35. The van der Waals surface area contributed by atoms with Crippen molar-refractivity contribution >= 4 is 18.3 Å². The second-order valence-corrected chi connectivity index (χ2v) is 5.41. The van der Waals surface area contributed by atoms with E-state index in [1.165, 1.54) is 18.2 Å². The molecule has 0 heterocycles. The first-order valence-corrected chi connectivity index (χ1v) is 7.13. The van der Waals surface area contributed by atoms with Gasteiger partial charge in [0.05, 0.1) is 0 Å². The van der Waals surface area contributed by atoms with Gasteiger partial charge < -0.3 is 15.8 Å². The van der Waals surface area contributed by atoms with Crippen LogP contribution in [0.15, 0.2) is 24.3 Å². The van der Waals surface area contributed by atoms with E-state index in [0.29, 0.717) is 18.0 Å². The van der Waals surface area contributed by atoms with Crippen molar-refractivity contribution in [3.8, 4) is 5.75 Å². The lowest BCUT2D eigenvalue weighted by atomic mass is 9.86. The van der Waals surface area contributed by atoms with Crippen LogP contribution >= 0.6 is 12.4 Å². The minimum Gasteiger partial charge on any atom is -0.435 e. The molecular formula is C15H21ClF2N2O2. The Morgan fingerprint density at radius 3 is 2.86 bits per heavy atom. The quantitative estimate of drug-likeness (QED) is 0.870. The molecule has 7 heteroatoms. The van der Waals surface area contributed by atoms with Crippen LogP contribution in [-0.2, 0) is 0 Å². The highest BCUT2D eigenvalue weighted by atomic mass is 35.5. The lowest BCUT2D eigenvalue weighted by Gasteiger charge is -2.26. The fraction of sp³-hybridized carbons (Fsp3) is 0.533. The number of halogens is 3. The molecule has 2 rings (SSSR count). The average Bonchev–Trinajstić information content (AvgIpc) is 2.44. The Hall–Kier alpha value is -1.40. The van der Waals surface area contributed by atoms with Crippen molar-refractivity contribution in [2.75, 3.05) is 6.54 Å². The molecular weight excluding hydrogens is 314 g/mol. The first kappa shape index (κ1) is 18.6. The van der Waals surface area contributed by atoms with Crippen LogP contribution < -0.4 is 15.8 Å². The molecule has 4 nitrogen and oxygen atoms in total. The molecule has 1 saturated carbocycles. The molecule has 22 heavy (non-hydrogen) atoms. The SMILES string of the molecule is Cl.NC1CCCC(CNC(=O)c2cccc(OC(F)F)c2)C1. The number of nitrogens with one attached hydrogen (secondary N) is 1. The van der Waals surface area contributed by atoms with E-state index in [1.807, 2.05) is 0 Å². The van der Waals surface area contributed by atoms with Crippen LogP contribution in [0.5, 0.6) is 5.75 Å². The van der Waals surface area contributed by atoms with Gasteiger partial charge in [-0.1, -0.05) is 12.5 Å². The molecule has 2 unspecified atom stereocenters. The monoisotopic (exact) mass is 334 g/mol. The van der Waals surface area contributed by atoms with Gasteiger partial charge in [0.2, 0.25) is 0 Å². The number of hydrogen-bond acceptors (Lipinski definition) is 3. The predicted octanol–water partition coefficient (Wildman–Crippen LogP) is 2.96. The Balaban J connectivity index is 0.00000242. The van der Waals surface area contributed by atoms with Crippen LogP contribution in [0.4, 0.5) is 8.78 Å². The van der Waals surface area contributed by atoms with Crippen molar-refractivity contribution in [1.29, 1.82) is 0 Å². The number of carbonyl (C=O) groups is 1. The van der Waals surface area contributed by atoms with Crippen molar-refractivity contribution in [3.63, 3.8) is 0 Å². The maximum atomic E-state index is 12.1. The van der Waals surface area contributed by atoms with Gasteiger partial charge in [-0.05, 0) is 43.4 Å². The molecule has 1 aliphatic carbocycles. The van der Waals surface area contributed by atoms with Gasteiger partial charge in [-0.2, -0.15) is 8.78 Å². The van der Waals surface area contributed by atoms with E-state index in [-0.39, 0.29) is 30.1 Å². The van der Waals surface area contributed by atoms with Gasteiger partial charge in [-0.25, -0.2) is 0 Å². The second-order valence-electron chi connectivity index (χ2n) is 5.41. The van der Waals surface area contributed by atoms with Crippen molar-refractivity contribution in [2.45, 2.75) is 38.3 Å². The predicted molar refractivity (Wildman–Crippen MR) is 82.6 cm³/mol. The number of ether oxygens (including phenoxy) is 1. The minimum absolute atomic E-state index is 0. The van der Waals surface area contributed by atoms with Crippen molar-refractivity contribution < 1.29 is 18.3 Å². The highest BCUT2D eigenvalue weighted by molar-refractivity contribution is 5.94. The smallest absolute Gasteiger partial charge is 0.387 e. The molecule has 3 N–H and O–H groups in total. The van der Waals surface area contributed by atoms with E-state index in [9.17, 15) is 13.6 Å². The molecule has 1 amide bonds. The molecule has 1 aromatic carbocycles. The summed E-state index contributed by atoms with van der Waals surface area (Å²) in [6.45, 7) is -2.33. The second kappa shape index (κ2) is 8.90. The van der Waals surface area contributed by atoms with E-state index >= 15 is 0 Å². The van der Waals surface area contributed by atoms with Gasteiger partial charge in [0.1, 0.15) is 5.75 Å². The summed E-state index contributed by atoms with van der Waals surface area (Å²) >= 11 is 0. The van der Waals surface area contributed by atoms with Gasteiger partial charge in [0.15, 0.2) is 0 Å². The molecule has 2 atom stereocenters. The standard InChI is InChI=1S/C15H20F2N2O2.ClH/c16-15(17)21-13-6-2-4-11(8-13)14(20)19-9-10-3-1-5-12(18)7-10;/h2,4,6,8,10,12,15H,1,3,5,7,9,18H2,(H,19,20);1H. The Labute approximate surface area is 134 Å². The van der Waals surface area contributed by atoms with Crippen LogP contribution in [0.3, 0.4) is 0 Å². The first-order chi connectivity index (χ1) is 10.0. The largest absolute Gasteiger partial charge is 0.435 e. The minimum atomic E-state index is -2.90. The zero-order valence-corrected chi connectivity index (χ0v) is 13.0. The molecule has 0 saturated heterocycles. The van der Waals surface area contributed by atoms with Crippen molar-refractivity contribution in [2.24, 2.45) is 11.7 Å². The Morgan fingerprint density at radius 1 is 1.41 bits per heavy atom. The topological polar surface area (TPSA) is 64.3 Å². The summed E-state index contributed by atoms with van der Waals surface area (Å²) in [6.07, 6.45) is 4.09. The molecule has 0 radical (unpaired) electrons. The normalized spacial score (nSPS) is 21.1. The third-order valence-corrected chi connectivity index (χ3v) is 3.70. The molecule has 0 aliphatic heterocycles. The van der Waals surface area contributed by atoms with Crippen LogP contribution in [0.2, 0.25) is 0 Å². The third-order valence-electron chi connectivity index (χ3n) is 3.70. The van der Waals surface area contributed by atoms with Gasteiger partial charge in [-0.3, -0.25) is 4.79 Å². The lowest BCUT2D eigenvalue weighted by molar-refractivity contribution is -0.0498. The maximum Gasteiger partial charge on any atom is 0.387 e. The Morgan fingerprint density at radius 2 is 2.18 bits per heavy atom. The average molecular weight is 335 g/mol. The fourth-order valence-corrected chi connectivity index (χ4v) is 2.67.